The van der Waals surface area contributed by atoms with Gasteiger partial charge >= 0.3 is 6.29 Å². The topological polar surface area (TPSA) is 58.6 Å². The van der Waals surface area contributed by atoms with E-state index in [1.54, 1.807) is 9.80 Å². The Morgan fingerprint density at radius 1 is 1.09 bits per heavy atom. The third-order valence-corrected chi connectivity index (χ3v) is 6.46. The van der Waals surface area contributed by atoms with Gasteiger partial charge in [0.05, 0.1) is 13.2 Å². The Kier molecular flexibility index (Phi) is 5.20. The molecule has 0 aromatic heterocycles. The van der Waals surface area contributed by atoms with Crippen LogP contribution in [-0.4, -0.2) is 60.5 Å². The molecule has 6 nitrogen and oxygen atoms in total. The molecule has 10 heteroatoms. The first-order chi connectivity index (χ1) is 15.3. The van der Waals surface area contributed by atoms with Crippen LogP contribution in [0.2, 0.25) is 0 Å². The molecular weight excluding hydrogens is 430 g/mol. The number of carbonyl (C=O) groups excluding carboxylic acids is 1. The highest BCUT2D eigenvalue weighted by Crippen LogP contribution is 2.44. The van der Waals surface area contributed by atoms with Crippen LogP contribution in [0.1, 0.15) is 11.1 Å². The smallest absolute Gasteiger partial charge is 0.341 e. The van der Waals surface area contributed by atoms with E-state index in [-0.39, 0.29) is 24.6 Å². The number of ether oxygens (including phenoxy) is 2. The minimum Gasteiger partial charge on any atom is -0.341 e. The molecule has 2 N–H and O–H groups in total. The monoisotopic (exact) mass is 452 g/mol. The van der Waals surface area contributed by atoms with E-state index in [0.717, 1.165) is 23.8 Å². The van der Waals surface area contributed by atoms with Gasteiger partial charge in [-0.05, 0) is 23.3 Å². The second-order valence-corrected chi connectivity index (χ2v) is 8.31. The number of amides is 1. The first-order valence-electron chi connectivity index (χ1n) is 10.4. The van der Waals surface area contributed by atoms with Crippen LogP contribution in [0.5, 0.6) is 0 Å². The lowest BCUT2D eigenvalue weighted by Gasteiger charge is -2.49. The second-order valence-electron chi connectivity index (χ2n) is 8.31. The molecule has 3 aliphatic rings. The predicted octanol–water partition coefficient (Wildman–Crippen LogP) is 1.37. The van der Waals surface area contributed by atoms with Crippen molar-refractivity contribution in [3.63, 3.8) is 0 Å². The quantitative estimate of drug-likeness (QED) is 0.713. The Bertz CT molecular complexity index is 1000. The summed E-state index contributed by atoms with van der Waals surface area (Å²) in [4.78, 5) is 16.5. The van der Waals surface area contributed by atoms with Gasteiger partial charge in [0.25, 0.3) is 0 Å². The molecule has 3 aliphatic heterocycles. The molecule has 3 atom stereocenters. The fourth-order valence-corrected chi connectivity index (χ4v) is 5.11. The summed E-state index contributed by atoms with van der Waals surface area (Å²) >= 11 is 0. The van der Waals surface area contributed by atoms with E-state index in [0.29, 0.717) is 13.1 Å². The van der Waals surface area contributed by atoms with Crippen molar-refractivity contribution in [1.29, 1.82) is 0 Å². The number of halogens is 4. The molecule has 0 aliphatic carbocycles. The SMILES string of the molecule is O=C1CN2C(C[NH2+]CC2(c2cc(F)cc(F)c2)C2COC(F)(F)O2)N1Cc1ccccc1. The summed E-state index contributed by atoms with van der Waals surface area (Å²) < 4.78 is 65.6. The maximum absolute atomic E-state index is 14.2. The summed E-state index contributed by atoms with van der Waals surface area (Å²) in [5.74, 6) is -1.86. The van der Waals surface area contributed by atoms with Crippen molar-refractivity contribution in [1.82, 2.24) is 9.80 Å². The van der Waals surface area contributed by atoms with Crippen molar-refractivity contribution >= 4 is 5.91 Å². The van der Waals surface area contributed by atoms with E-state index >= 15 is 0 Å². The van der Waals surface area contributed by atoms with Gasteiger partial charge in [0.1, 0.15) is 42.5 Å². The lowest BCUT2D eigenvalue weighted by Crippen LogP contribution is -2.97. The zero-order chi connectivity index (χ0) is 22.5. The Balaban J connectivity index is 1.57. The van der Waals surface area contributed by atoms with Crippen LogP contribution in [0.3, 0.4) is 0 Å². The molecule has 32 heavy (non-hydrogen) atoms. The number of carbonyl (C=O) groups is 1. The van der Waals surface area contributed by atoms with Gasteiger partial charge in [-0.3, -0.25) is 19.2 Å². The number of alkyl halides is 2. The maximum atomic E-state index is 14.2. The van der Waals surface area contributed by atoms with Gasteiger partial charge in [0, 0.05) is 12.6 Å². The van der Waals surface area contributed by atoms with E-state index < -0.39 is 42.3 Å². The lowest BCUT2D eigenvalue weighted by atomic mass is 9.80. The largest absolute Gasteiger partial charge is 0.486 e. The van der Waals surface area contributed by atoms with E-state index in [9.17, 15) is 22.4 Å². The fourth-order valence-electron chi connectivity index (χ4n) is 5.11. The van der Waals surface area contributed by atoms with Crippen LogP contribution in [0.4, 0.5) is 17.6 Å². The Morgan fingerprint density at radius 3 is 2.47 bits per heavy atom. The summed E-state index contributed by atoms with van der Waals surface area (Å²) in [6.45, 7) is 0.426. The maximum Gasteiger partial charge on any atom is 0.486 e. The molecule has 170 valence electrons. The Morgan fingerprint density at radius 2 is 1.81 bits per heavy atom. The van der Waals surface area contributed by atoms with Crippen molar-refractivity contribution in [3.8, 4) is 0 Å². The number of piperazine rings is 1. The molecular formula is C22H22F4N3O3+. The highest BCUT2D eigenvalue weighted by Gasteiger charge is 2.62. The van der Waals surface area contributed by atoms with Crippen LogP contribution in [0, 0.1) is 11.6 Å². The molecule has 0 radical (unpaired) electrons. The van der Waals surface area contributed by atoms with E-state index in [4.69, 9.17) is 4.74 Å². The van der Waals surface area contributed by atoms with Crippen molar-refractivity contribution < 1.29 is 37.1 Å². The van der Waals surface area contributed by atoms with Gasteiger partial charge < -0.3 is 10.2 Å². The third-order valence-electron chi connectivity index (χ3n) is 6.46. The molecule has 5 rings (SSSR count). The number of benzene rings is 2. The van der Waals surface area contributed by atoms with Gasteiger partial charge in [-0.2, -0.15) is 0 Å². The molecule has 3 heterocycles. The third kappa shape index (κ3) is 3.57. The highest BCUT2D eigenvalue weighted by atomic mass is 19.3. The van der Waals surface area contributed by atoms with E-state index in [2.05, 4.69) is 4.74 Å². The average Bonchev–Trinajstić information content (AvgIpc) is 3.27. The molecule has 0 bridgehead atoms. The van der Waals surface area contributed by atoms with Gasteiger partial charge in [0.2, 0.25) is 5.91 Å². The first kappa shape index (κ1) is 21.3. The molecule has 0 spiro atoms. The zero-order valence-electron chi connectivity index (χ0n) is 17.0. The molecule has 1 amide bonds. The Labute approximate surface area is 181 Å². The summed E-state index contributed by atoms with van der Waals surface area (Å²) in [7, 11) is 0. The van der Waals surface area contributed by atoms with Crippen molar-refractivity contribution in [3.05, 3.63) is 71.3 Å². The number of nitrogens with zero attached hydrogens (tertiary/aromatic N) is 2. The molecule has 3 unspecified atom stereocenters. The van der Waals surface area contributed by atoms with Crippen LogP contribution in [0.15, 0.2) is 48.5 Å². The second kappa shape index (κ2) is 7.80. The van der Waals surface area contributed by atoms with E-state index in [1.165, 1.54) is 0 Å². The molecule has 0 saturated carbocycles. The fraction of sp³-hybridized carbons (Fsp3) is 0.409. The van der Waals surface area contributed by atoms with Crippen LogP contribution < -0.4 is 5.32 Å². The number of rotatable bonds is 4. The van der Waals surface area contributed by atoms with Crippen molar-refractivity contribution in [2.24, 2.45) is 0 Å². The highest BCUT2D eigenvalue weighted by molar-refractivity contribution is 5.81. The minimum atomic E-state index is -3.82. The summed E-state index contributed by atoms with van der Waals surface area (Å²) in [6.07, 6.45) is -5.52. The van der Waals surface area contributed by atoms with Gasteiger partial charge in [-0.15, -0.1) is 8.78 Å². The molecule has 3 fully saturated rings. The standard InChI is InChI=1S/C22H21F4N3O3/c23-16-6-15(7-17(24)8-16)21(18-12-31-22(25,26)32-18)13-27-9-19-28(20(30)11-29(19)21)10-14-4-2-1-3-5-14/h1-8,18-19,27H,9-13H2/p+1. The summed E-state index contributed by atoms with van der Waals surface area (Å²) in [5, 5.41) is 1.86. The number of nitrogens with two attached hydrogens (primary N) is 1. The zero-order valence-corrected chi connectivity index (χ0v) is 17.0. The molecule has 2 aromatic carbocycles. The normalized spacial score (nSPS) is 30.0. The van der Waals surface area contributed by atoms with E-state index in [1.807, 2.05) is 35.6 Å². The van der Waals surface area contributed by atoms with Crippen molar-refractivity contribution in [2.45, 2.75) is 30.6 Å². The first-order valence-corrected chi connectivity index (χ1v) is 10.4. The van der Waals surface area contributed by atoms with Gasteiger partial charge in [-0.1, -0.05) is 30.3 Å². The predicted molar refractivity (Wildman–Crippen MR) is 103 cm³/mol. The van der Waals surface area contributed by atoms with Crippen LogP contribution in [-0.2, 0) is 26.4 Å². The average molecular weight is 452 g/mol. The Hall–Kier alpha value is -2.53. The number of hydrogen-bond donors (Lipinski definition) is 1. The lowest BCUT2D eigenvalue weighted by molar-refractivity contribution is -0.688. The molecule has 3 saturated heterocycles. The van der Waals surface area contributed by atoms with Crippen molar-refractivity contribution in [2.75, 3.05) is 26.2 Å². The number of quaternary nitrogens is 1. The van der Waals surface area contributed by atoms with Crippen LogP contribution >= 0.6 is 0 Å². The number of fused-ring (bicyclic) bond motifs is 1. The van der Waals surface area contributed by atoms with Gasteiger partial charge in [-0.25, -0.2) is 8.78 Å². The number of hydrogen-bond acceptors (Lipinski definition) is 4. The van der Waals surface area contributed by atoms with Gasteiger partial charge in [0.15, 0.2) is 0 Å². The minimum absolute atomic E-state index is 0.0884. The summed E-state index contributed by atoms with van der Waals surface area (Å²) in [5.41, 5.74) is -0.341. The molecule has 2 aromatic rings. The summed E-state index contributed by atoms with van der Waals surface area (Å²) in [6, 6.07) is 12.3. The van der Waals surface area contributed by atoms with Crippen LogP contribution in [0.25, 0.3) is 0 Å².